The van der Waals surface area contributed by atoms with Gasteiger partial charge in [-0.2, -0.15) is 0 Å². The molecule has 0 radical (unpaired) electrons. The molecule has 0 aromatic heterocycles. The first kappa shape index (κ1) is 41.0. The van der Waals surface area contributed by atoms with Crippen molar-refractivity contribution < 1.29 is 37.9 Å². The largest absolute Gasteiger partial charge is 0.469 e. The van der Waals surface area contributed by atoms with Gasteiger partial charge in [0.05, 0.1) is 6.61 Å². The van der Waals surface area contributed by atoms with Gasteiger partial charge in [-0.15, -0.1) is 0 Å². The summed E-state index contributed by atoms with van der Waals surface area (Å²) in [6, 6.07) is 0. The third kappa shape index (κ3) is 32.0. The van der Waals surface area contributed by atoms with Crippen molar-refractivity contribution in [3.8, 4) is 0 Å². The molecule has 0 saturated heterocycles. The zero-order chi connectivity index (χ0) is 31.2. The zero-order valence-corrected chi connectivity index (χ0v) is 28.1. The van der Waals surface area contributed by atoms with Crippen LogP contribution in [0.4, 0.5) is 0 Å². The zero-order valence-electron chi connectivity index (χ0n) is 27.2. The van der Waals surface area contributed by atoms with Crippen LogP contribution in [0, 0.1) is 0 Å². The average Bonchev–Trinajstić information content (AvgIpc) is 2.95. The lowest BCUT2D eigenvalue weighted by Gasteiger charge is -2.18. The van der Waals surface area contributed by atoms with Gasteiger partial charge < -0.3 is 19.3 Å². The maximum atomic E-state index is 12.2. The van der Waals surface area contributed by atoms with E-state index in [0.717, 1.165) is 25.7 Å². The molecule has 0 fully saturated rings. The molecule has 1 unspecified atom stereocenters. The quantitative estimate of drug-likeness (QED) is 0.0433. The summed E-state index contributed by atoms with van der Waals surface area (Å²) in [6.07, 6.45) is 29.3. The van der Waals surface area contributed by atoms with Crippen LogP contribution >= 0.6 is 7.82 Å². The Morgan fingerprint density at radius 3 is 1.26 bits per heavy atom. The van der Waals surface area contributed by atoms with Gasteiger partial charge in [0.25, 0.3) is 0 Å². The van der Waals surface area contributed by atoms with Gasteiger partial charge in [-0.05, 0) is 12.8 Å². The Hall–Kier alpha value is -0.950. The van der Waals surface area contributed by atoms with Gasteiger partial charge in [0.15, 0.2) is 6.10 Å². The van der Waals surface area contributed by atoms with Gasteiger partial charge in [0, 0.05) is 12.8 Å². The Bertz CT molecular complexity index is 666. The Labute approximate surface area is 257 Å². The average molecular weight is 621 g/mol. The highest BCUT2D eigenvalue weighted by molar-refractivity contribution is 7.46. The van der Waals surface area contributed by atoms with Crippen molar-refractivity contribution in [1.29, 1.82) is 0 Å². The van der Waals surface area contributed by atoms with E-state index in [1.807, 2.05) is 6.92 Å². The highest BCUT2D eigenvalue weighted by Gasteiger charge is 2.22. The number of hydrogen-bond donors (Lipinski definition) is 2. The molecule has 8 nitrogen and oxygen atoms in total. The van der Waals surface area contributed by atoms with E-state index in [9.17, 15) is 14.2 Å². The predicted molar refractivity (Wildman–Crippen MR) is 170 cm³/mol. The summed E-state index contributed by atoms with van der Waals surface area (Å²) in [6.45, 7) is 3.49. The second-order valence-electron chi connectivity index (χ2n) is 11.9. The van der Waals surface area contributed by atoms with E-state index in [1.54, 1.807) is 0 Å². The Balaban J connectivity index is 3.68. The summed E-state index contributed by atoms with van der Waals surface area (Å²) in [5.74, 6) is -0.904. The number of carbonyl (C=O) groups is 2. The topological polar surface area (TPSA) is 119 Å². The second-order valence-corrected chi connectivity index (χ2v) is 13.1. The molecule has 0 amide bonds. The molecule has 0 heterocycles. The SMILES string of the molecule is CCCCCCCCCCCCCCCCCCCCCCCC(=O)OC(COC(=O)CCCCC)COP(=O)(O)O. The van der Waals surface area contributed by atoms with E-state index >= 15 is 0 Å². The lowest BCUT2D eigenvalue weighted by Crippen LogP contribution is -2.29. The molecule has 0 saturated carbocycles. The summed E-state index contributed by atoms with van der Waals surface area (Å²) in [7, 11) is -4.72. The number of phosphoric acid groups is 1. The molecule has 0 rings (SSSR count). The summed E-state index contributed by atoms with van der Waals surface area (Å²) in [5, 5.41) is 0. The molecule has 0 aromatic carbocycles. The molecule has 2 N–H and O–H groups in total. The van der Waals surface area contributed by atoms with Crippen LogP contribution in [-0.4, -0.2) is 41.0 Å². The molecule has 0 aliphatic heterocycles. The maximum absolute atomic E-state index is 12.2. The minimum Gasteiger partial charge on any atom is -0.462 e. The lowest BCUT2D eigenvalue weighted by atomic mass is 10.0. The van der Waals surface area contributed by atoms with Crippen molar-refractivity contribution >= 4 is 19.8 Å². The van der Waals surface area contributed by atoms with E-state index in [0.29, 0.717) is 12.8 Å². The molecular formula is C33H65O8P. The highest BCUT2D eigenvalue weighted by atomic mass is 31.2. The standard InChI is InChI=1S/C33H65O8P/c1-3-5-7-8-9-10-11-12-13-14-15-16-17-18-19-20-21-22-23-24-26-28-33(35)41-31(30-40-42(36,37)38)29-39-32(34)27-25-6-4-2/h31H,3-30H2,1-2H3,(H2,36,37,38). The minimum absolute atomic E-state index is 0.218. The van der Waals surface area contributed by atoms with Crippen LogP contribution in [0.3, 0.4) is 0 Å². The Kier molecular flexibility index (Phi) is 29.4. The lowest BCUT2D eigenvalue weighted by molar-refractivity contribution is -0.161. The van der Waals surface area contributed by atoms with Gasteiger partial charge in [-0.25, -0.2) is 4.57 Å². The van der Waals surface area contributed by atoms with Crippen LogP contribution in [0.15, 0.2) is 0 Å². The molecule has 0 aliphatic carbocycles. The first-order valence-electron chi connectivity index (χ1n) is 17.3. The van der Waals surface area contributed by atoms with Crippen LogP contribution in [-0.2, 0) is 28.2 Å². The molecule has 0 aromatic rings. The number of phosphoric ester groups is 1. The number of hydrogen-bond acceptors (Lipinski definition) is 6. The van der Waals surface area contributed by atoms with Crippen molar-refractivity contribution in [2.45, 2.75) is 187 Å². The van der Waals surface area contributed by atoms with Crippen LogP contribution in [0.5, 0.6) is 0 Å². The summed E-state index contributed by atoms with van der Waals surface area (Å²) in [5.41, 5.74) is 0. The maximum Gasteiger partial charge on any atom is 0.469 e. The number of unbranched alkanes of at least 4 members (excludes halogenated alkanes) is 22. The number of ether oxygens (including phenoxy) is 2. The first-order valence-corrected chi connectivity index (χ1v) is 18.9. The summed E-state index contributed by atoms with van der Waals surface area (Å²) >= 11 is 0. The van der Waals surface area contributed by atoms with Crippen LogP contribution < -0.4 is 0 Å². The first-order chi connectivity index (χ1) is 20.3. The van der Waals surface area contributed by atoms with E-state index < -0.39 is 32.5 Å². The van der Waals surface area contributed by atoms with E-state index in [2.05, 4.69) is 11.4 Å². The normalized spacial score (nSPS) is 12.4. The highest BCUT2D eigenvalue weighted by Crippen LogP contribution is 2.36. The second kappa shape index (κ2) is 30.1. The molecule has 0 spiro atoms. The van der Waals surface area contributed by atoms with Crippen molar-refractivity contribution in [3.63, 3.8) is 0 Å². The Morgan fingerprint density at radius 2 is 0.857 bits per heavy atom. The van der Waals surface area contributed by atoms with Crippen LogP contribution in [0.1, 0.15) is 181 Å². The van der Waals surface area contributed by atoms with Gasteiger partial charge >= 0.3 is 19.8 Å². The fraction of sp³-hybridized carbons (Fsp3) is 0.939. The van der Waals surface area contributed by atoms with Crippen molar-refractivity contribution in [1.82, 2.24) is 0 Å². The predicted octanol–water partition coefficient (Wildman–Crippen LogP) is 9.73. The fourth-order valence-electron chi connectivity index (χ4n) is 5.02. The smallest absolute Gasteiger partial charge is 0.462 e. The molecule has 0 bridgehead atoms. The molecule has 42 heavy (non-hydrogen) atoms. The third-order valence-corrected chi connectivity index (χ3v) is 8.11. The van der Waals surface area contributed by atoms with Gasteiger partial charge in [0.2, 0.25) is 0 Å². The van der Waals surface area contributed by atoms with Gasteiger partial charge in [-0.1, -0.05) is 155 Å². The number of esters is 2. The molecular weight excluding hydrogens is 555 g/mol. The van der Waals surface area contributed by atoms with Gasteiger partial charge in [-0.3, -0.25) is 14.1 Å². The Morgan fingerprint density at radius 1 is 0.524 bits per heavy atom. The number of rotatable bonds is 32. The molecule has 0 aliphatic rings. The minimum atomic E-state index is -4.72. The van der Waals surface area contributed by atoms with Crippen molar-refractivity contribution in [2.75, 3.05) is 13.2 Å². The third-order valence-electron chi connectivity index (χ3n) is 7.63. The monoisotopic (exact) mass is 620 g/mol. The number of carbonyl (C=O) groups excluding carboxylic acids is 2. The molecule has 250 valence electrons. The van der Waals surface area contributed by atoms with Gasteiger partial charge in [0.1, 0.15) is 6.61 Å². The fourth-order valence-corrected chi connectivity index (χ4v) is 5.38. The van der Waals surface area contributed by atoms with E-state index in [1.165, 1.54) is 116 Å². The summed E-state index contributed by atoms with van der Waals surface area (Å²) < 4.78 is 25.9. The van der Waals surface area contributed by atoms with Crippen molar-refractivity contribution in [3.05, 3.63) is 0 Å². The molecule has 1 atom stereocenters. The van der Waals surface area contributed by atoms with E-state index in [-0.39, 0.29) is 19.4 Å². The summed E-state index contributed by atoms with van der Waals surface area (Å²) in [4.78, 5) is 41.9. The van der Waals surface area contributed by atoms with E-state index in [4.69, 9.17) is 19.3 Å². The van der Waals surface area contributed by atoms with Crippen LogP contribution in [0.2, 0.25) is 0 Å². The molecule has 9 heteroatoms. The van der Waals surface area contributed by atoms with Crippen LogP contribution in [0.25, 0.3) is 0 Å². The van der Waals surface area contributed by atoms with Crippen molar-refractivity contribution in [2.24, 2.45) is 0 Å².